The van der Waals surface area contributed by atoms with Crippen LogP contribution < -0.4 is 4.74 Å². The van der Waals surface area contributed by atoms with E-state index in [4.69, 9.17) is 0 Å². The van der Waals surface area contributed by atoms with Crippen molar-refractivity contribution in [2.45, 2.75) is 96.8 Å². The van der Waals surface area contributed by atoms with Crippen LogP contribution in [0.1, 0.15) is 96.0 Å². The Labute approximate surface area is 172 Å². The maximum Gasteiger partial charge on any atom is 0.573 e. The van der Waals surface area contributed by atoms with Gasteiger partial charge in [-0.25, -0.2) is 4.39 Å². The van der Waals surface area contributed by atoms with Crippen molar-refractivity contribution in [3.05, 3.63) is 29.6 Å². The van der Waals surface area contributed by atoms with Gasteiger partial charge in [0.1, 0.15) is 11.6 Å². The third kappa shape index (κ3) is 5.27. The first-order valence-corrected chi connectivity index (χ1v) is 11.3. The van der Waals surface area contributed by atoms with E-state index in [-0.39, 0.29) is 11.3 Å². The summed E-state index contributed by atoms with van der Waals surface area (Å²) in [5.74, 6) is 0.335. The zero-order valence-corrected chi connectivity index (χ0v) is 17.7. The van der Waals surface area contributed by atoms with E-state index < -0.39 is 17.9 Å². The second-order valence-corrected chi connectivity index (χ2v) is 9.25. The first-order chi connectivity index (χ1) is 13.7. The highest BCUT2D eigenvalue weighted by Crippen LogP contribution is 2.57. The zero-order valence-electron chi connectivity index (χ0n) is 17.7. The molecule has 0 N–H and O–H groups in total. The topological polar surface area (TPSA) is 9.23 Å². The Morgan fingerprint density at radius 1 is 1.07 bits per heavy atom. The van der Waals surface area contributed by atoms with Crippen molar-refractivity contribution in [3.8, 4) is 5.75 Å². The van der Waals surface area contributed by atoms with E-state index in [1.807, 2.05) is 0 Å². The fourth-order valence-corrected chi connectivity index (χ4v) is 6.20. The van der Waals surface area contributed by atoms with Crippen LogP contribution in [0, 0.1) is 23.1 Å². The number of rotatable bonds is 6. The lowest BCUT2D eigenvalue weighted by Gasteiger charge is -2.50. The fraction of sp³-hybridized carbons (Fsp3) is 0.750. The van der Waals surface area contributed by atoms with Gasteiger partial charge >= 0.3 is 6.36 Å². The summed E-state index contributed by atoms with van der Waals surface area (Å²) in [5.41, 5.74) is 0.597. The van der Waals surface area contributed by atoms with Crippen LogP contribution in [0.4, 0.5) is 17.6 Å². The second-order valence-electron chi connectivity index (χ2n) is 9.25. The molecule has 0 bridgehead atoms. The maximum absolute atomic E-state index is 14.9. The van der Waals surface area contributed by atoms with Gasteiger partial charge in [0.05, 0.1) is 0 Å². The zero-order chi connectivity index (χ0) is 21.1. The molecule has 2 aliphatic carbocycles. The average molecular weight is 415 g/mol. The molecule has 1 nitrogen and oxygen atoms in total. The lowest BCUT2D eigenvalue weighted by Crippen LogP contribution is -2.40. The van der Waals surface area contributed by atoms with Gasteiger partial charge in [-0.15, -0.1) is 13.2 Å². The number of ether oxygens (including phenoxy) is 1. The lowest BCUT2D eigenvalue weighted by atomic mass is 9.54. The molecule has 1 aromatic rings. The van der Waals surface area contributed by atoms with Gasteiger partial charge in [0, 0.05) is 6.07 Å². The highest BCUT2D eigenvalue weighted by molar-refractivity contribution is 5.32. The Balaban J connectivity index is 1.82. The summed E-state index contributed by atoms with van der Waals surface area (Å²) in [5, 5.41) is 0. The van der Waals surface area contributed by atoms with Crippen molar-refractivity contribution in [2.75, 3.05) is 0 Å². The van der Waals surface area contributed by atoms with Gasteiger partial charge in [0.15, 0.2) is 0 Å². The van der Waals surface area contributed by atoms with Crippen LogP contribution in [0.5, 0.6) is 5.75 Å². The number of halogens is 4. The molecule has 0 spiro atoms. The number of alkyl halides is 3. The summed E-state index contributed by atoms with van der Waals surface area (Å²) < 4.78 is 56.2. The van der Waals surface area contributed by atoms with Crippen molar-refractivity contribution in [1.82, 2.24) is 0 Å². The standard InChI is InChI=1S/C24H34F4O/c1-3-7-18-8-10-19(11-9-18)23(14-5-4-6-15-23)17(2)21-13-12-20(16-22(21)25)29-24(26,27)28/h12-13,16-19H,3-11,14-15H2,1-2H3. The quantitative estimate of drug-likeness (QED) is 0.425. The highest BCUT2D eigenvalue weighted by atomic mass is 19.4. The van der Waals surface area contributed by atoms with Crippen LogP contribution in [-0.4, -0.2) is 6.36 Å². The van der Waals surface area contributed by atoms with Crippen molar-refractivity contribution in [2.24, 2.45) is 17.3 Å². The molecule has 3 rings (SSSR count). The van der Waals surface area contributed by atoms with E-state index in [1.165, 1.54) is 57.1 Å². The molecule has 0 amide bonds. The summed E-state index contributed by atoms with van der Waals surface area (Å²) in [7, 11) is 0. The fourth-order valence-electron chi connectivity index (χ4n) is 6.20. The van der Waals surface area contributed by atoms with Crippen LogP contribution in [0.3, 0.4) is 0 Å². The minimum absolute atomic E-state index is 0.00420. The Kier molecular flexibility index (Phi) is 7.16. The third-order valence-corrected chi connectivity index (χ3v) is 7.68. The van der Waals surface area contributed by atoms with Crippen LogP contribution in [0.25, 0.3) is 0 Å². The van der Waals surface area contributed by atoms with E-state index in [2.05, 4.69) is 18.6 Å². The van der Waals surface area contributed by atoms with Gasteiger partial charge in [0.25, 0.3) is 0 Å². The number of benzene rings is 1. The van der Waals surface area contributed by atoms with Gasteiger partial charge in [-0.3, -0.25) is 0 Å². The predicted octanol–water partition coefficient (Wildman–Crippen LogP) is 8.38. The molecular weight excluding hydrogens is 380 g/mol. The monoisotopic (exact) mass is 414 g/mol. The maximum atomic E-state index is 14.9. The minimum Gasteiger partial charge on any atom is -0.406 e. The minimum atomic E-state index is -4.80. The molecule has 0 radical (unpaired) electrons. The molecule has 0 heterocycles. The molecular formula is C24H34F4O. The summed E-state index contributed by atoms with van der Waals surface area (Å²) in [4.78, 5) is 0. The van der Waals surface area contributed by atoms with E-state index in [9.17, 15) is 17.6 Å². The molecule has 0 aliphatic heterocycles. The normalized spacial score (nSPS) is 26.1. The van der Waals surface area contributed by atoms with Crippen LogP contribution in [0.2, 0.25) is 0 Å². The Morgan fingerprint density at radius 2 is 1.72 bits per heavy atom. The molecule has 5 heteroatoms. The van der Waals surface area contributed by atoms with E-state index in [0.717, 1.165) is 37.7 Å². The average Bonchev–Trinajstić information content (AvgIpc) is 2.68. The van der Waals surface area contributed by atoms with Gasteiger partial charge in [-0.1, -0.05) is 64.9 Å². The molecule has 29 heavy (non-hydrogen) atoms. The second kappa shape index (κ2) is 9.26. The molecule has 2 aliphatic rings. The molecule has 1 atom stereocenters. The Bertz CT molecular complexity index is 655. The van der Waals surface area contributed by atoms with Crippen LogP contribution in [0.15, 0.2) is 18.2 Å². The number of hydrogen-bond acceptors (Lipinski definition) is 1. The predicted molar refractivity (Wildman–Crippen MR) is 107 cm³/mol. The van der Waals surface area contributed by atoms with Gasteiger partial charge in [-0.2, -0.15) is 0 Å². The van der Waals surface area contributed by atoms with E-state index in [0.29, 0.717) is 11.5 Å². The first-order valence-electron chi connectivity index (χ1n) is 11.3. The summed E-state index contributed by atoms with van der Waals surface area (Å²) in [6, 6.07) is 3.67. The summed E-state index contributed by atoms with van der Waals surface area (Å²) >= 11 is 0. The van der Waals surface area contributed by atoms with Crippen molar-refractivity contribution in [1.29, 1.82) is 0 Å². The first kappa shape index (κ1) is 22.4. The third-order valence-electron chi connectivity index (χ3n) is 7.68. The number of hydrogen-bond donors (Lipinski definition) is 0. The largest absolute Gasteiger partial charge is 0.573 e. The molecule has 1 aromatic carbocycles. The Morgan fingerprint density at radius 3 is 2.28 bits per heavy atom. The van der Waals surface area contributed by atoms with E-state index in [1.54, 1.807) is 0 Å². The SMILES string of the molecule is CCCC1CCC(C2(C(C)c3ccc(OC(F)(F)F)cc3F)CCCCC2)CC1. The van der Waals surface area contributed by atoms with Crippen LogP contribution >= 0.6 is 0 Å². The van der Waals surface area contributed by atoms with Gasteiger partial charge in [0.2, 0.25) is 0 Å². The van der Waals surface area contributed by atoms with Gasteiger partial charge < -0.3 is 4.74 Å². The molecule has 1 unspecified atom stereocenters. The molecule has 0 saturated heterocycles. The Hall–Kier alpha value is -1.26. The lowest BCUT2D eigenvalue weighted by molar-refractivity contribution is -0.274. The molecule has 2 fully saturated rings. The smallest absolute Gasteiger partial charge is 0.406 e. The molecule has 164 valence electrons. The van der Waals surface area contributed by atoms with Crippen molar-refractivity contribution >= 4 is 0 Å². The summed E-state index contributed by atoms with van der Waals surface area (Å²) in [6.07, 6.45) is 8.38. The van der Waals surface area contributed by atoms with Crippen molar-refractivity contribution < 1.29 is 22.3 Å². The summed E-state index contributed by atoms with van der Waals surface area (Å²) in [6.45, 7) is 4.33. The molecule has 2 saturated carbocycles. The van der Waals surface area contributed by atoms with E-state index >= 15 is 0 Å². The molecule has 0 aromatic heterocycles. The highest BCUT2D eigenvalue weighted by Gasteiger charge is 2.46. The van der Waals surface area contributed by atoms with Crippen LogP contribution in [-0.2, 0) is 0 Å². The van der Waals surface area contributed by atoms with Gasteiger partial charge in [-0.05, 0) is 60.5 Å². The van der Waals surface area contributed by atoms with Crippen molar-refractivity contribution in [3.63, 3.8) is 0 Å².